The van der Waals surface area contributed by atoms with Crippen LogP contribution in [0.4, 0.5) is 5.69 Å². The summed E-state index contributed by atoms with van der Waals surface area (Å²) >= 11 is 0. The third kappa shape index (κ3) is 3.42. The number of benzene rings is 2. The molecule has 1 N–H and O–H groups in total. The SMILES string of the molecule is Cc1ccc2oc(C(=O)OCC(=O)c3ccc4c(c3)[C@@H](C)C(=O)N4)cc(=O)c2c1. The molecule has 7 nitrogen and oxygen atoms in total. The van der Waals surface area contributed by atoms with Gasteiger partial charge in [0.05, 0.1) is 11.3 Å². The predicted octanol–water partition coefficient (Wildman–Crippen LogP) is 3.20. The smallest absolute Gasteiger partial charge is 0.374 e. The second-order valence-corrected chi connectivity index (χ2v) is 6.99. The molecule has 0 aliphatic carbocycles. The van der Waals surface area contributed by atoms with Crippen molar-refractivity contribution in [2.45, 2.75) is 19.8 Å². The van der Waals surface area contributed by atoms with Crippen molar-refractivity contribution < 1.29 is 23.5 Å². The summed E-state index contributed by atoms with van der Waals surface area (Å²) in [5, 5.41) is 3.10. The Labute approximate surface area is 165 Å². The van der Waals surface area contributed by atoms with Gasteiger partial charge in [0.25, 0.3) is 0 Å². The molecule has 1 aromatic heterocycles. The number of rotatable bonds is 4. The van der Waals surface area contributed by atoms with E-state index in [2.05, 4.69) is 5.32 Å². The van der Waals surface area contributed by atoms with Crippen LogP contribution < -0.4 is 10.7 Å². The molecule has 29 heavy (non-hydrogen) atoms. The molecule has 2 heterocycles. The molecule has 1 amide bonds. The topological polar surface area (TPSA) is 103 Å². The minimum absolute atomic E-state index is 0.127. The molecule has 0 unspecified atom stereocenters. The summed E-state index contributed by atoms with van der Waals surface area (Å²) in [5.74, 6) is -2.07. The fraction of sp³-hybridized carbons (Fsp3) is 0.182. The van der Waals surface area contributed by atoms with E-state index in [1.54, 1.807) is 43.3 Å². The third-order valence-electron chi connectivity index (χ3n) is 4.91. The summed E-state index contributed by atoms with van der Waals surface area (Å²) < 4.78 is 10.5. The van der Waals surface area contributed by atoms with Gasteiger partial charge in [0.1, 0.15) is 5.58 Å². The fourth-order valence-corrected chi connectivity index (χ4v) is 3.25. The van der Waals surface area contributed by atoms with Crippen LogP contribution in [0.3, 0.4) is 0 Å². The zero-order valence-electron chi connectivity index (χ0n) is 15.8. The molecule has 4 rings (SSSR count). The largest absolute Gasteiger partial charge is 0.451 e. The number of Topliss-reactive ketones (excluding diaryl/α,β-unsaturated/α-hetero) is 1. The van der Waals surface area contributed by atoms with E-state index in [-0.39, 0.29) is 28.6 Å². The average Bonchev–Trinajstić information content (AvgIpc) is 2.99. The lowest BCUT2D eigenvalue weighted by Crippen LogP contribution is -2.16. The number of aryl methyl sites for hydroxylation is 1. The van der Waals surface area contributed by atoms with Gasteiger partial charge in [-0.25, -0.2) is 4.79 Å². The fourth-order valence-electron chi connectivity index (χ4n) is 3.25. The quantitative estimate of drug-likeness (QED) is 0.541. The number of hydrogen-bond acceptors (Lipinski definition) is 6. The highest BCUT2D eigenvalue weighted by molar-refractivity contribution is 6.05. The number of esters is 1. The number of carbonyl (C=O) groups excluding carboxylic acids is 3. The van der Waals surface area contributed by atoms with Gasteiger partial charge in [-0.1, -0.05) is 11.6 Å². The summed E-state index contributed by atoms with van der Waals surface area (Å²) in [6, 6.07) is 10.9. The van der Waals surface area contributed by atoms with Gasteiger partial charge in [-0.3, -0.25) is 14.4 Å². The van der Waals surface area contributed by atoms with Crippen molar-refractivity contribution in [3.8, 4) is 0 Å². The molecule has 0 bridgehead atoms. The van der Waals surface area contributed by atoms with Crippen LogP contribution in [0.1, 0.15) is 44.9 Å². The van der Waals surface area contributed by atoms with Crippen LogP contribution in [0.25, 0.3) is 11.0 Å². The number of nitrogens with one attached hydrogen (secondary N) is 1. The molecule has 1 aliphatic rings. The Balaban J connectivity index is 1.50. The number of ether oxygens (including phenoxy) is 1. The molecule has 3 aromatic rings. The van der Waals surface area contributed by atoms with Crippen LogP contribution in [-0.4, -0.2) is 24.3 Å². The molecule has 146 valence electrons. The normalized spacial score (nSPS) is 15.1. The van der Waals surface area contributed by atoms with Gasteiger partial charge in [-0.2, -0.15) is 0 Å². The maximum absolute atomic E-state index is 12.4. The van der Waals surface area contributed by atoms with Gasteiger partial charge < -0.3 is 14.5 Å². The minimum Gasteiger partial charge on any atom is -0.451 e. The van der Waals surface area contributed by atoms with Crippen LogP contribution >= 0.6 is 0 Å². The first-order chi connectivity index (χ1) is 13.8. The molecule has 0 saturated heterocycles. The van der Waals surface area contributed by atoms with E-state index in [0.29, 0.717) is 16.6 Å². The molecule has 1 aliphatic heterocycles. The second kappa shape index (κ2) is 7.01. The van der Waals surface area contributed by atoms with Gasteiger partial charge in [0.2, 0.25) is 11.7 Å². The third-order valence-corrected chi connectivity index (χ3v) is 4.91. The molecular formula is C22H17NO6. The van der Waals surface area contributed by atoms with E-state index in [1.807, 2.05) is 6.92 Å². The molecule has 0 saturated carbocycles. The standard InChI is InChI=1S/C22H17NO6/c1-11-3-6-19-15(7-11)17(24)9-20(29-19)22(27)28-10-18(25)13-4-5-16-14(8-13)12(2)21(26)23-16/h3-9,12H,10H2,1-2H3,(H,23,26)/t12-/m1/s1. The second-order valence-electron chi connectivity index (χ2n) is 6.99. The maximum Gasteiger partial charge on any atom is 0.374 e. The van der Waals surface area contributed by atoms with E-state index in [9.17, 15) is 19.2 Å². The van der Waals surface area contributed by atoms with E-state index >= 15 is 0 Å². The highest BCUT2D eigenvalue weighted by Gasteiger charge is 2.27. The number of amides is 1. The van der Waals surface area contributed by atoms with Crippen molar-refractivity contribution in [2.24, 2.45) is 0 Å². The van der Waals surface area contributed by atoms with E-state index in [1.165, 1.54) is 0 Å². The Bertz CT molecular complexity index is 1240. The van der Waals surface area contributed by atoms with Crippen molar-refractivity contribution in [3.05, 3.63) is 75.1 Å². The summed E-state index contributed by atoms with van der Waals surface area (Å²) in [6.07, 6.45) is 0. The average molecular weight is 391 g/mol. The van der Waals surface area contributed by atoms with Crippen molar-refractivity contribution in [1.82, 2.24) is 0 Å². The summed E-state index contributed by atoms with van der Waals surface area (Å²) in [6.45, 7) is 3.08. The predicted molar refractivity (Wildman–Crippen MR) is 105 cm³/mol. The molecule has 0 fully saturated rings. The number of ketones is 1. The highest BCUT2D eigenvalue weighted by Crippen LogP contribution is 2.32. The Morgan fingerprint density at radius 3 is 2.69 bits per heavy atom. The molecule has 0 radical (unpaired) electrons. The first kappa shape index (κ1) is 18.6. The first-order valence-corrected chi connectivity index (χ1v) is 9.03. The van der Waals surface area contributed by atoms with Crippen LogP contribution in [0, 0.1) is 6.92 Å². The summed E-state index contributed by atoms with van der Waals surface area (Å²) in [4.78, 5) is 48.6. The molecular weight excluding hydrogens is 374 g/mol. The van der Waals surface area contributed by atoms with Crippen LogP contribution in [0.15, 0.2) is 51.7 Å². The highest BCUT2D eigenvalue weighted by atomic mass is 16.5. The van der Waals surface area contributed by atoms with Crippen molar-refractivity contribution in [3.63, 3.8) is 0 Å². The van der Waals surface area contributed by atoms with Crippen molar-refractivity contribution >= 4 is 34.3 Å². The number of fused-ring (bicyclic) bond motifs is 2. The lowest BCUT2D eigenvalue weighted by atomic mass is 9.99. The van der Waals surface area contributed by atoms with Crippen LogP contribution in [0.5, 0.6) is 0 Å². The number of carbonyl (C=O) groups is 3. The minimum atomic E-state index is -0.899. The van der Waals surface area contributed by atoms with Crippen LogP contribution in [0.2, 0.25) is 0 Å². The van der Waals surface area contributed by atoms with Gasteiger partial charge in [0.15, 0.2) is 17.8 Å². The van der Waals surface area contributed by atoms with Crippen molar-refractivity contribution in [1.29, 1.82) is 0 Å². The lowest BCUT2D eigenvalue weighted by Gasteiger charge is -2.07. The number of hydrogen-bond donors (Lipinski definition) is 1. The van der Waals surface area contributed by atoms with Gasteiger partial charge in [0, 0.05) is 17.3 Å². The Kier molecular flexibility index (Phi) is 4.50. The molecule has 2 aromatic carbocycles. The molecule has 7 heteroatoms. The Hall–Kier alpha value is -3.74. The summed E-state index contributed by atoms with van der Waals surface area (Å²) in [5.41, 5.74) is 2.53. The molecule has 0 spiro atoms. The monoisotopic (exact) mass is 391 g/mol. The zero-order valence-corrected chi connectivity index (χ0v) is 15.8. The van der Waals surface area contributed by atoms with E-state index in [0.717, 1.165) is 17.2 Å². The zero-order chi connectivity index (χ0) is 20.7. The Morgan fingerprint density at radius 2 is 1.90 bits per heavy atom. The van der Waals surface area contributed by atoms with E-state index in [4.69, 9.17) is 9.15 Å². The van der Waals surface area contributed by atoms with Crippen molar-refractivity contribution in [2.75, 3.05) is 11.9 Å². The van der Waals surface area contributed by atoms with Crippen LogP contribution in [-0.2, 0) is 9.53 Å². The number of anilines is 1. The summed E-state index contributed by atoms with van der Waals surface area (Å²) in [7, 11) is 0. The van der Waals surface area contributed by atoms with Gasteiger partial charge >= 0.3 is 5.97 Å². The van der Waals surface area contributed by atoms with Gasteiger partial charge in [-0.15, -0.1) is 0 Å². The Morgan fingerprint density at radius 1 is 1.10 bits per heavy atom. The lowest BCUT2D eigenvalue weighted by molar-refractivity contribution is -0.116. The van der Waals surface area contributed by atoms with Gasteiger partial charge in [-0.05, 0) is 49.7 Å². The molecule has 1 atom stereocenters. The van der Waals surface area contributed by atoms with E-state index < -0.39 is 18.4 Å². The first-order valence-electron chi connectivity index (χ1n) is 9.03. The maximum atomic E-state index is 12.4.